The van der Waals surface area contributed by atoms with Crippen molar-refractivity contribution in [2.75, 3.05) is 6.61 Å². The van der Waals surface area contributed by atoms with Gasteiger partial charge < -0.3 is 15.6 Å². The summed E-state index contributed by atoms with van der Waals surface area (Å²) in [5.74, 6) is -0.0585. The standard InChI is InChI=1S/C14H21NO3/c1-9-6-7-10(2)13(11(9)3)18-8-4-5-12(15)14(16)17/h6-7,12H,4-5,8,15H2,1-3H3,(H,16,17). The summed E-state index contributed by atoms with van der Waals surface area (Å²) >= 11 is 0. The number of rotatable bonds is 6. The molecule has 3 N–H and O–H groups in total. The number of nitrogens with two attached hydrogens (primary N) is 1. The van der Waals surface area contributed by atoms with Gasteiger partial charge in [0.15, 0.2) is 0 Å². The molecule has 0 heterocycles. The zero-order valence-corrected chi connectivity index (χ0v) is 11.2. The van der Waals surface area contributed by atoms with Gasteiger partial charge in [0.25, 0.3) is 0 Å². The Hall–Kier alpha value is -1.55. The number of ether oxygens (including phenoxy) is 1. The summed E-state index contributed by atoms with van der Waals surface area (Å²) in [4.78, 5) is 10.6. The van der Waals surface area contributed by atoms with Gasteiger partial charge in [0, 0.05) is 0 Å². The lowest BCUT2D eigenvalue weighted by Crippen LogP contribution is -2.30. The molecule has 0 aliphatic carbocycles. The molecule has 0 saturated heterocycles. The summed E-state index contributed by atoms with van der Waals surface area (Å²) in [7, 11) is 0. The molecule has 0 amide bonds. The van der Waals surface area contributed by atoms with E-state index < -0.39 is 12.0 Å². The summed E-state index contributed by atoms with van der Waals surface area (Å²) in [6.07, 6.45) is 1.07. The fraction of sp³-hybridized carbons (Fsp3) is 0.500. The van der Waals surface area contributed by atoms with Crippen LogP contribution in [0.3, 0.4) is 0 Å². The molecule has 1 aromatic carbocycles. The first-order valence-electron chi connectivity index (χ1n) is 6.11. The fourth-order valence-corrected chi connectivity index (χ4v) is 1.75. The Bertz CT molecular complexity index is 429. The van der Waals surface area contributed by atoms with Crippen LogP contribution < -0.4 is 10.5 Å². The Morgan fingerprint density at radius 2 is 1.94 bits per heavy atom. The molecule has 1 unspecified atom stereocenters. The quantitative estimate of drug-likeness (QED) is 0.760. The van der Waals surface area contributed by atoms with Crippen LogP contribution in [0.1, 0.15) is 29.5 Å². The minimum absolute atomic E-state index is 0.430. The summed E-state index contributed by atoms with van der Waals surface area (Å²) < 4.78 is 5.73. The summed E-state index contributed by atoms with van der Waals surface area (Å²) in [5.41, 5.74) is 8.85. The predicted molar refractivity (Wildman–Crippen MR) is 71.0 cm³/mol. The number of carboxylic acids is 1. The van der Waals surface area contributed by atoms with Gasteiger partial charge in [0.2, 0.25) is 0 Å². The van der Waals surface area contributed by atoms with E-state index in [1.807, 2.05) is 26.8 Å². The Kier molecular flexibility index (Phi) is 5.16. The van der Waals surface area contributed by atoms with Crippen LogP contribution >= 0.6 is 0 Å². The molecule has 4 heteroatoms. The molecule has 1 atom stereocenters. The third kappa shape index (κ3) is 3.74. The summed E-state index contributed by atoms with van der Waals surface area (Å²) in [5, 5.41) is 8.66. The minimum atomic E-state index is -0.960. The highest BCUT2D eigenvalue weighted by Gasteiger charge is 2.11. The topological polar surface area (TPSA) is 72.5 Å². The van der Waals surface area contributed by atoms with E-state index in [0.29, 0.717) is 19.4 Å². The van der Waals surface area contributed by atoms with Crippen molar-refractivity contribution in [2.45, 2.75) is 39.7 Å². The minimum Gasteiger partial charge on any atom is -0.493 e. The van der Waals surface area contributed by atoms with Crippen molar-refractivity contribution in [1.82, 2.24) is 0 Å². The average Bonchev–Trinajstić information content (AvgIpc) is 2.32. The van der Waals surface area contributed by atoms with Gasteiger partial charge in [0.1, 0.15) is 11.8 Å². The Labute approximate surface area is 108 Å². The second kappa shape index (κ2) is 6.40. The van der Waals surface area contributed by atoms with Gasteiger partial charge in [-0.1, -0.05) is 12.1 Å². The van der Waals surface area contributed by atoms with Crippen LogP contribution in [0.15, 0.2) is 12.1 Å². The van der Waals surface area contributed by atoms with Crippen molar-refractivity contribution < 1.29 is 14.6 Å². The zero-order valence-electron chi connectivity index (χ0n) is 11.2. The van der Waals surface area contributed by atoms with Crippen LogP contribution in [0.5, 0.6) is 5.75 Å². The molecule has 18 heavy (non-hydrogen) atoms. The van der Waals surface area contributed by atoms with E-state index in [1.54, 1.807) is 0 Å². The predicted octanol–water partition coefficient (Wildman–Crippen LogP) is 2.18. The van der Waals surface area contributed by atoms with Gasteiger partial charge in [-0.15, -0.1) is 0 Å². The van der Waals surface area contributed by atoms with Crippen LogP contribution in [0.2, 0.25) is 0 Å². The van der Waals surface area contributed by atoms with E-state index in [1.165, 1.54) is 5.56 Å². The van der Waals surface area contributed by atoms with Gasteiger partial charge in [0.05, 0.1) is 6.61 Å². The maximum atomic E-state index is 10.6. The highest BCUT2D eigenvalue weighted by Crippen LogP contribution is 2.25. The van der Waals surface area contributed by atoms with Gasteiger partial charge in [-0.2, -0.15) is 0 Å². The third-order valence-electron chi connectivity index (χ3n) is 3.10. The first-order chi connectivity index (χ1) is 8.43. The van der Waals surface area contributed by atoms with Crippen molar-refractivity contribution in [3.8, 4) is 5.75 Å². The molecule has 100 valence electrons. The molecule has 1 aromatic rings. The molecule has 0 spiro atoms. The molecular weight excluding hydrogens is 230 g/mol. The Morgan fingerprint density at radius 3 is 2.56 bits per heavy atom. The van der Waals surface area contributed by atoms with Gasteiger partial charge >= 0.3 is 5.97 Å². The smallest absolute Gasteiger partial charge is 0.320 e. The number of carbonyl (C=O) groups is 1. The molecule has 0 aromatic heterocycles. The zero-order chi connectivity index (χ0) is 13.7. The summed E-state index contributed by atoms with van der Waals surface area (Å²) in [6.45, 7) is 6.57. The van der Waals surface area contributed by atoms with Crippen LogP contribution in [0.25, 0.3) is 0 Å². The first-order valence-corrected chi connectivity index (χ1v) is 6.11. The van der Waals surface area contributed by atoms with E-state index in [2.05, 4.69) is 6.07 Å². The van der Waals surface area contributed by atoms with Crippen LogP contribution in [0, 0.1) is 20.8 Å². The molecule has 4 nitrogen and oxygen atoms in total. The van der Waals surface area contributed by atoms with E-state index in [9.17, 15) is 4.79 Å². The highest BCUT2D eigenvalue weighted by atomic mass is 16.5. The molecule has 0 radical (unpaired) electrons. The van der Waals surface area contributed by atoms with Crippen molar-refractivity contribution in [3.63, 3.8) is 0 Å². The van der Waals surface area contributed by atoms with Crippen molar-refractivity contribution in [3.05, 3.63) is 28.8 Å². The molecule has 0 saturated carbocycles. The van der Waals surface area contributed by atoms with Crippen molar-refractivity contribution in [1.29, 1.82) is 0 Å². The normalized spacial score (nSPS) is 12.2. The molecule has 0 aliphatic heterocycles. The van der Waals surface area contributed by atoms with Gasteiger partial charge in [-0.25, -0.2) is 0 Å². The second-order valence-electron chi connectivity index (χ2n) is 4.59. The second-order valence-corrected chi connectivity index (χ2v) is 4.59. The van der Waals surface area contributed by atoms with E-state index in [4.69, 9.17) is 15.6 Å². The van der Waals surface area contributed by atoms with E-state index in [0.717, 1.165) is 16.9 Å². The van der Waals surface area contributed by atoms with Gasteiger partial charge in [-0.3, -0.25) is 4.79 Å². The monoisotopic (exact) mass is 251 g/mol. The maximum absolute atomic E-state index is 10.6. The fourth-order valence-electron chi connectivity index (χ4n) is 1.75. The number of benzene rings is 1. The maximum Gasteiger partial charge on any atom is 0.320 e. The average molecular weight is 251 g/mol. The Morgan fingerprint density at radius 1 is 1.33 bits per heavy atom. The molecule has 1 rings (SSSR count). The van der Waals surface area contributed by atoms with Crippen LogP contribution in [-0.4, -0.2) is 23.7 Å². The van der Waals surface area contributed by atoms with Crippen LogP contribution in [0.4, 0.5) is 0 Å². The molecule has 0 aliphatic rings. The Balaban J connectivity index is 2.50. The number of hydrogen-bond acceptors (Lipinski definition) is 3. The summed E-state index contributed by atoms with van der Waals surface area (Å²) in [6, 6.07) is 3.30. The lowest BCUT2D eigenvalue weighted by molar-refractivity contribution is -0.138. The number of hydrogen-bond donors (Lipinski definition) is 2. The largest absolute Gasteiger partial charge is 0.493 e. The number of carboxylic acid groups (broad SMARTS) is 1. The van der Waals surface area contributed by atoms with Crippen molar-refractivity contribution in [2.24, 2.45) is 5.73 Å². The number of aliphatic carboxylic acids is 1. The van der Waals surface area contributed by atoms with E-state index in [-0.39, 0.29) is 0 Å². The van der Waals surface area contributed by atoms with Crippen molar-refractivity contribution >= 4 is 5.97 Å². The lowest BCUT2D eigenvalue weighted by Gasteiger charge is -2.14. The van der Waals surface area contributed by atoms with Gasteiger partial charge in [-0.05, 0) is 50.3 Å². The molecular formula is C14H21NO3. The SMILES string of the molecule is Cc1ccc(C)c(OCCCC(N)C(=O)O)c1C. The highest BCUT2D eigenvalue weighted by molar-refractivity contribution is 5.72. The third-order valence-corrected chi connectivity index (χ3v) is 3.10. The molecule has 0 bridgehead atoms. The van der Waals surface area contributed by atoms with Crippen LogP contribution in [-0.2, 0) is 4.79 Å². The first kappa shape index (κ1) is 14.5. The molecule has 0 fully saturated rings. The lowest BCUT2D eigenvalue weighted by atomic mass is 10.1. The van der Waals surface area contributed by atoms with E-state index >= 15 is 0 Å². The number of aryl methyl sites for hydroxylation is 2.